The largest absolute Gasteiger partial charge is 0.384 e. The van der Waals surface area contributed by atoms with Gasteiger partial charge in [-0.15, -0.1) is 0 Å². The Labute approximate surface area is 184 Å². The van der Waals surface area contributed by atoms with E-state index in [2.05, 4.69) is 5.32 Å². The number of amides is 2. The zero-order chi connectivity index (χ0) is 24.7. The molecule has 33 heavy (non-hydrogen) atoms. The molecule has 0 unspecified atom stereocenters. The summed E-state index contributed by atoms with van der Waals surface area (Å²) in [6.45, 7) is -0.547. The number of nitrogens with two attached hydrogens (primary N) is 1. The highest BCUT2D eigenvalue weighted by Crippen LogP contribution is 3.02. The summed E-state index contributed by atoms with van der Waals surface area (Å²) < 4.78 is 70.8. The molecule has 2 aromatic carbocycles. The Kier molecular flexibility index (Phi) is 5.68. The zero-order valence-corrected chi connectivity index (χ0v) is 17.5. The van der Waals surface area contributed by atoms with E-state index < -0.39 is 44.8 Å². The maximum absolute atomic E-state index is 13.1. The number of carbonyl (C=O) groups is 2. The van der Waals surface area contributed by atoms with Crippen molar-refractivity contribution in [2.24, 2.45) is 5.73 Å². The van der Waals surface area contributed by atoms with E-state index in [0.717, 1.165) is 17.0 Å². The van der Waals surface area contributed by atoms with Crippen molar-refractivity contribution in [3.05, 3.63) is 54.1 Å². The fourth-order valence-corrected chi connectivity index (χ4v) is 3.75. The van der Waals surface area contributed by atoms with Crippen molar-refractivity contribution in [2.75, 3.05) is 23.4 Å². The van der Waals surface area contributed by atoms with Crippen molar-refractivity contribution in [1.29, 1.82) is 5.41 Å². The minimum Gasteiger partial charge on any atom is -0.384 e. The lowest BCUT2D eigenvalue weighted by molar-refractivity contribution is -0.150. The number of rotatable bonds is 6. The quantitative estimate of drug-likeness (QED) is 0.278. The molecule has 1 aliphatic heterocycles. The van der Waals surface area contributed by atoms with Gasteiger partial charge >= 0.3 is 10.2 Å². The number of hydrogen-bond donors (Lipinski definition) is 4. The molecule has 0 bridgehead atoms. The Bertz CT molecular complexity index is 1110. The molecule has 180 valence electrons. The first-order valence-corrected chi connectivity index (χ1v) is 11.2. The van der Waals surface area contributed by atoms with Gasteiger partial charge in [-0.3, -0.25) is 15.0 Å². The lowest BCUT2D eigenvalue weighted by Crippen LogP contribution is -2.55. The number of morpholine rings is 1. The third kappa shape index (κ3) is 5.58. The van der Waals surface area contributed by atoms with Crippen LogP contribution in [0.5, 0.6) is 0 Å². The molecule has 0 radical (unpaired) electrons. The summed E-state index contributed by atoms with van der Waals surface area (Å²) in [5, 5.41) is 20.0. The Morgan fingerprint density at radius 1 is 1.18 bits per heavy atom. The van der Waals surface area contributed by atoms with Crippen LogP contribution in [0.2, 0.25) is 0 Å². The first kappa shape index (κ1) is 24.4. The lowest BCUT2D eigenvalue weighted by atomic mass is 10.1. The second kappa shape index (κ2) is 7.67. The molecular formula is C19H19F5N4O4S. The third-order valence-corrected chi connectivity index (χ3v) is 5.86. The predicted molar refractivity (Wildman–Crippen MR) is 112 cm³/mol. The first-order chi connectivity index (χ1) is 15.1. The number of nitrogens with one attached hydrogen (secondary N) is 2. The molecule has 1 heterocycles. The Morgan fingerprint density at radius 3 is 2.39 bits per heavy atom. The molecule has 0 spiro atoms. The number of anilines is 2. The first-order valence-electron chi connectivity index (χ1n) is 9.27. The van der Waals surface area contributed by atoms with Gasteiger partial charge in [0.15, 0.2) is 12.2 Å². The van der Waals surface area contributed by atoms with E-state index >= 15 is 0 Å². The summed E-state index contributed by atoms with van der Waals surface area (Å²) in [5.74, 6) is -2.33. The minimum absolute atomic E-state index is 0.144. The molecule has 1 saturated heterocycles. The van der Waals surface area contributed by atoms with E-state index in [1.807, 2.05) is 0 Å². The second-order valence-electron chi connectivity index (χ2n) is 7.17. The van der Waals surface area contributed by atoms with Gasteiger partial charge in [-0.2, -0.15) is 0 Å². The van der Waals surface area contributed by atoms with E-state index in [-0.39, 0.29) is 36.8 Å². The Hall–Kier alpha value is -3.23. The van der Waals surface area contributed by atoms with Crippen molar-refractivity contribution in [3.63, 3.8) is 0 Å². The van der Waals surface area contributed by atoms with Gasteiger partial charge in [-0.05, 0) is 42.5 Å². The molecule has 14 heteroatoms. The number of carbonyl (C=O) groups excluding carboxylic acids is 2. The van der Waals surface area contributed by atoms with Crippen LogP contribution < -0.4 is 16.0 Å². The van der Waals surface area contributed by atoms with E-state index in [1.54, 1.807) is 0 Å². The van der Waals surface area contributed by atoms with Crippen LogP contribution in [0.15, 0.2) is 53.4 Å². The standard InChI is InChI=1S/C19H19F5N4O4S/c20-33(21,22,23,24)14-3-1-2-13(10-14)28-8-9-32-16(19(28)31)15(29)18(30)27-12-6-4-11(5-7-12)17(25)26/h1-7,10,15-16,29H,8-9H2,(H3,25,26)(H,27,30)/t15-,16-/m1/s1. The Balaban J connectivity index is 1.77. The monoisotopic (exact) mass is 494 g/mol. The van der Waals surface area contributed by atoms with Crippen LogP contribution >= 0.6 is 10.2 Å². The second-order valence-corrected chi connectivity index (χ2v) is 9.58. The van der Waals surface area contributed by atoms with Crippen LogP contribution in [0.1, 0.15) is 5.56 Å². The zero-order valence-electron chi connectivity index (χ0n) is 16.7. The topological polar surface area (TPSA) is 129 Å². The predicted octanol–water partition coefficient (Wildman–Crippen LogP) is 3.36. The van der Waals surface area contributed by atoms with E-state index in [4.69, 9.17) is 15.9 Å². The van der Waals surface area contributed by atoms with Gasteiger partial charge in [-0.1, -0.05) is 25.5 Å². The fraction of sp³-hybridized carbons (Fsp3) is 0.211. The molecule has 2 atom stereocenters. The molecule has 0 aliphatic carbocycles. The van der Waals surface area contributed by atoms with Gasteiger partial charge in [0.1, 0.15) is 10.7 Å². The van der Waals surface area contributed by atoms with Crippen LogP contribution in [0, 0.1) is 5.41 Å². The molecule has 0 aromatic heterocycles. The van der Waals surface area contributed by atoms with Crippen molar-refractivity contribution < 1.29 is 38.9 Å². The number of aliphatic hydroxyl groups is 1. The van der Waals surface area contributed by atoms with E-state index in [1.165, 1.54) is 24.3 Å². The molecular weight excluding hydrogens is 475 g/mol. The Morgan fingerprint density at radius 2 is 1.82 bits per heavy atom. The number of amidine groups is 1. The molecule has 3 rings (SSSR count). The number of benzene rings is 2. The molecule has 5 N–H and O–H groups in total. The summed E-state index contributed by atoms with van der Waals surface area (Å²) in [6, 6.07) is 7.74. The molecule has 2 aromatic rings. The van der Waals surface area contributed by atoms with Crippen molar-refractivity contribution in [3.8, 4) is 0 Å². The highest BCUT2D eigenvalue weighted by atomic mass is 32.5. The number of nitrogens with zero attached hydrogens (tertiary/aromatic N) is 1. The van der Waals surface area contributed by atoms with Gasteiger partial charge in [0.05, 0.1) is 6.61 Å². The number of halogens is 5. The van der Waals surface area contributed by atoms with Gasteiger partial charge in [0.25, 0.3) is 11.8 Å². The van der Waals surface area contributed by atoms with Gasteiger partial charge < -0.3 is 25.8 Å². The normalized spacial score (nSPS) is 19.9. The smallest absolute Gasteiger partial charge is 0.310 e. The maximum atomic E-state index is 13.1. The van der Waals surface area contributed by atoms with Crippen molar-refractivity contribution in [1.82, 2.24) is 0 Å². The summed E-state index contributed by atoms with van der Waals surface area (Å²) in [5.41, 5.74) is 5.43. The molecule has 8 nitrogen and oxygen atoms in total. The third-order valence-electron chi connectivity index (χ3n) is 4.72. The van der Waals surface area contributed by atoms with Crippen LogP contribution in [-0.2, 0) is 14.3 Å². The van der Waals surface area contributed by atoms with Crippen LogP contribution in [-0.4, -0.2) is 48.1 Å². The van der Waals surface area contributed by atoms with Crippen LogP contribution in [0.25, 0.3) is 0 Å². The summed E-state index contributed by atoms with van der Waals surface area (Å²) in [4.78, 5) is 23.7. The summed E-state index contributed by atoms with van der Waals surface area (Å²) >= 11 is 0. The minimum atomic E-state index is -9.98. The van der Waals surface area contributed by atoms with Gasteiger partial charge in [0.2, 0.25) is 0 Å². The fourth-order valence-electron chi connectivity index (χ4n) is 3.07. The van der Waals surface area contributed by atoms with E-state index in [9.17, 15) is 34.1 Å². The van der Waals surface area contributed by atoms with Crippen LogP contribution in [0.4, 0.5) is 30.8 Å². The average molecular weight is 494 g/mol. The number of nitrogen functional groups attached to an aromatic ring is 1. The van der Waals surface area contributed by atoms with E-state index in [0.29, 0.717) is 5.56 Å². The number of aliphatic hydroxyl groups excluding tert-OH is 1. The highest BCUT2D eigenvalue weighted by molar-refractivity contribution is 8.45. The lowest BCUT2D eigenvalue weighted by Gasteiger charge is -2.41. The van der Waals surface area contributed by atoms with Gasteiger partial charge in [-0.25, -0.2) is 0 Å². The maximum Gasteiger partial charge on any atom is 0.310 e. The summed E-state index contributed by atoms with van der Waals surface area (Å²) in [7, 11) is -9.98. The number of ether oxygens (including phenoxy) is 1. The number of hydrogen-bond acceptors (Lipinski definition) is 5. The summed E-state index contributed by atoms with van der Waals surface area (Å²) in [6.07, 6.45) is -3.83. The molecule has 2 amide bonds. The molecule has 1 fully saturated rings. The SMILES string of the molecule is N=C(N)c1ccc(NC(=O)[C@H](O)[C@H]2OCCN(c3cccc(S(F)(F)(F)(F)F)c3)C2=O)cc1. The van der Waals surface area contributed by atoms with Crippen molar-refractivity contribution >= 4 is 39.2 Å². The van der Waals surface area contributed by atoms with Crippen molar-refractivity contribution in [2.45, 2.75) is 17.1 Å². The molecule has 0 saturated carbocycles. The van der Waals surface area contributed by atoms with Crippen LogP contribution in [0.3, 0.4) is 0 Å². The average Bonchev–Trinajstić information content (AvgIpc) is 2.72. The highest BCUT2D eigenvalue weighted by Gasteiger charge is 2.65. The molecule has 1 aliphatic rings. The van der Waals surface area contributed by atoms with Gasteiger partial charge in [0, 0.05) is 23.5 Å².